The van der Waals surface area contributed by atoms with Crippen LogP contribution < -0.4 is 14.8 Å². The minimum Gasteiger partial charge on any atom is -0.454 e. The normalized spacial score (nSPS) is 17.2. The quantitative estimate of drug-likeness (QED) is 0.332. The number of anilines is 1. The Bertz CT molecular complexity index is 1460. The van der Waals surface area contributed by atoms with Gasteiger partial charge >= 0.3 is 0 Å². The molecule has 1 unspecified atom stereocenters. The summed E-state index contributed by atoms with van der Waals surface area (Å²) in [5.41, 5.74) is 3.18. The molecule has 0 aliphatic carbocycles. The number of nitrogens with zero attached hydrogens (tertiary/aromatic N) is 3. The van der Waals surface area contributed by atoms with E-state index in [4.69, 9.17) is 14.5 Å². The molecule has 1 saturated heterocycles. The van der Waals surface area contributed by atoms with Gasteiger partial charge in [-0.15, -0.1) is 0 Å². The number of hydrogen-bond acceptors (Lipinski definition) is 8. The molecule has 2 amide bonds. The first-order valence-corrected chi connectivity index (χ1v) is 12.7. The summed E-state index contributed by atoms with van der Waals surface area (Å²) in [5.74, 6) is 0.480. The first-order valence-electron chi connectivity index (χ1n) is 11.8. The Kier molecular flexibility index (Phi) is 7.01. The van der Waals surface area contributed by atoms with Crippen LogP contribution in [0.2, 0.25) is 0 Å². The van der Waals surface area contributed by atoms with E-state index in [1.165, 1.54) is 23.9 Å². The fourth-order valence-electron chi connectivity index (χ4n) is 4.09. The first-order chi connectivity index (χ1) is 18.3. The van der Waals surface area contributed by atoms with Crippen LogP contribution >= 0.6 is 11.8 Å². The number of amides is 2. The minimum absolute atomic E-state index is 0.0896. The van der Waals surface area contributed by atoms with Gasteiger partial charge in [-0.25, -0.2) is 4.99 Å². The van der Waals surface area contributed by atoms with Crippen LogP contribution in [0.5, 0.6) is 11.5 Å². The summed E-state index contributed by atoms with van der Waals surface area (Å²) in [6, 6.07) is 17.6. The number of thioether (sulfide) groups is 1. The van der Waals surface area contributed by atoms with Gasteiger partial charge in [0, 0.05) is 12.5 Å². The van der Waals surface area contributed by atoms with E-state index in [1.54, 1.807) is 24.0 Å². The van der Waals surface area contributed by atoms with E-state index >= 15 is 0 Å². The van der Waals surface area contributed by atoms with Crippen molar-refractivity contribution in [1.82, 2.24) is 4.90 Å². The average Bonchev–Trinajstić information content (AvgIpc) is 3.46. The van der Waals surface area contributed by atoms with Crippen LogP contribution in [-0.2, 0) is 16.1 Å². The molecule has 0 spiro atoms. The lowest BCUT2D eigenvalue weighted by atomic mass is 10.1. The van der Waals surface area contributed by atoms with Crippen molar-refractivity contribution < 1.29 is 24.0 Å². The molecule has 2 aliphatic heterocycles. The molecule has 10 nitrogen and oxygen atoms in total. The van der Waals surface area contributed by atoms with Crippen LogP contribution in [0.3, 0.4) is 0 Å². The highest BCUT2D eigenvalue weighted by Crippen LogP contribution is 2.36. The molecular formula is C27H24N4O6S. The van der Waals surface area contributed by atoms with Crippen molar-refractivity contribution in [3.63, 3.8) is 0 Å². The largest absolute Gasteiger partial charge is 0.454 e. The highest BCUT2D eigenvalue weighted by atomic mass is 32.2. The van der Waals surface area contributed by atoms with Crippen LogP contribution in [-0.4, -0.2) is 38.8 Å². The second-order valence-electron chi connectivity index (χ2n) is 8.98. The second-order valence-corrected chi connectivity index (χ2v) is 10.1. The van der Waals surface area contributed by atoms with Crippen molar-refractivity contribution in [3.05, 3.63) is 87.5 Å². The summed E-state index contributed by atoms with van der Waals surface area (Å²) in [6.45, 7) is 4.09. The second kappa shape index (κ2) is 10.5. The molecule has 1 atom stereocenters. The maximum atomic E-state index is 13.5. The number of nitrogens with one attached hydrogen (secondary N) is 1. The summed E-state index contributed by atoms with van der Waals surface area (Å²) >= 11 is 1.20. The molecule has 3 aromatic rings. The topological polar surface area (TPSA) is 123 Å². The third-order valence-corrected chi connectivity index (χ3v) is 7.23. The van der Waals surface area contributed by atoms with Gasteiger partial charge in [-0.2, -0.15) is 0 Å². The third kappa shape index (κ3) is 5.47. The lowest BCUT2D eigenvalue weighted by Gasteiger charge is -2.17. The Morgan fingerprint density at radius 3 is 2.58 bits per heavy atom. The molecule has 1 N–H and O–H groups in total. The van der Waals surface area contributed by atoms with E-state index in [2.05, 4.69) is 5.32 Å². The number of carbonyl (C=O) groups excluding carboxylic acids is 2. The van der Waals surface area contributed by atoms with Gasteiger partial charge in [0.15, 0.2) is 16.7 Å². The summed E-state index contributed by atoms with van der Waals surface area (Å²) in [6.07, 6.45) is -0.168. The number of hydrogen-bond donors (Lipinski definition) is 1. The number of amidine groups is 1. The van der Waals surface area contributed by atoms with Crippen molar-refractivity contribution in [1.29, 1.82) is 0 Å². The van der Waals surface area contributed by atoms with Gasteiger partial charge in [0.05, 0.1) is 17.2 Å². The standard InChI is InChI=1S/C27H24N4O6S/c1-16-3-7-19(8-4-16)28-27-30(14-18-6-10-22-23(12-18)37-15-36-22)26(33)24(38-27)13-25(32)29-20-9-5-17(2)11-21(20)31(34)35/h3-12,24H,13-15H2,1-2H3,(H,29,32). The molecule has 0 aromatic heterocycles. The maximum absolute atomic E-state index is 13.5. The lowest BCUT2D eigenvalue weighted by molar-refractivity contribution is -0.384. The Hall–Kier alpha value is -4.38. The molecule has 0 radical (unpaired) electrons. The fraction of sp³-hybridized carbons (Fsp3) is 0.222. The van der Waals surface area contributed by atoms with Gasteiger partial charge < -0.3 is 14.8 Å². The van der Waals surface area contributed by atoms with Crippen molar-refractivity contribution in [2.75, 3.05) is 12.1 Å². The Labute approximate surface area is 222 Å². The number of ether oxygens (including phenoxy) is 2. The molecule has 2 heterocycles. The Morgan fingerprint density at radius 1 is 1.08 bits per heavy atom. The molecular weight excluding hydrogens is 508 g/mol. The van der Waals surface area contributed by atoms with E-state index in [1.807, 2.05) is 43.3 Å². The molecule has 0 bridgehead atoms. The zero-order chi connectivity index (χ0) is 26.8. The lowest BCUT2D eigenvalue weighted by Crippen LogP contribution is -2.33. The van der Waals surface area contributed by atoms with E-state index in [0.717, 1.165) is 11.1 Å². The monoisotopic (exact) mass is 532 g/mol. The zero-order valence-corrected chi connectivity index (χ0v) is 21.5. The van der Waals surface area contributed by atoms with Gasteiger partial charge in [0.1, 0.15) is 10.9 Å². The van der Waals surface area contributed by atoms with Crippen molar-refractivity contribution >= 4 is 45.8 Å². The van der Waals surface area contributed by atoms with E-state index < -0.39 is 16.1 Å². The van der Waals surface area contributed by atoms with Gasteiger partial charge in [-0.05, 0) is 55.3 Å². The number of aliphatic imine (C=N–C) groups is 1. The van der Waals surface area contributed by atoms with Gasteiger partial charge in [0.2, 0.25) is 18.6 Å². The predicted octanol–water partition coefficient (Wildman–Crippen LogP) is 5.10. The number of aryl methyl sites for hydroxylation is 2. The van der Waals surface area contributed by atoms with Crippen LogP contribution in [0.1, 0.15) is 23.1 Å². The van der Waals surface area contributed by atoms with Crippen molar-refractivity contribution in [3.8, 4) is 11.5 Å². The number of carbonyl (C=O) groups is 2. The van der Waals surface area contributed by atoms with Crippen LogP contribution in [0.15, 0.2) is 65.7 Å². The summed E-state index contributed by atoms with van der Waals surface area (Å²) in [4.78, 5) is 43.5. The number of rotatable bonds is 7. The predicted molar refractivity (Wildman–Crippen MR) is 144 cm³/mol. The minimum atomic E-state index is -0.738. The Balaban J connectivity index is 1.37. The number of benzene rings is 3. The number of nitro groups is 1. The first kappa shape index (κ1) is 25.3. The van der Waals surface area contributed by atoms with E-state index in [-0.39, 0.29) is 37.0 Å². The van der Waals surface area contributed by atoms with Crippen molar-refractivity contribution in [2.24, 2.45) is 4.99 Å². The molecule has 38 heavy (non-hydrogen) atoms. The zero-order valence-electron chi connectivity index (χ0n) is 20.7. The highest BCUT2D eigenvalue weighted by molar-refractivity contribution is 8.15. The smallest absolute Gasteiger partial charge is 0.293 e. The Morgan fingerprint density at radius 2 is 1.82 bits per heavy atom. The fourth-order valence-corrected chi connectivity index (χ4v) is 5.25. The third-order valence-electron chi connectivity index (χ3n) is 6.05. The van der Waals surface area contributed by atoms with Crippen LogP contribution in [0.4, 0.5) is 17.1 Å². The van der Waals surface area contributed by atoms with Crippen LogP contribution in [0, 0.1) is 24.0 Å². The number of fused-ring (bicyclic) bond motifs is 1. The van der Waals surface area contributed by atoms with Gasteiger partial charge in [-0.1, -0.05) is 41.6 Å². The van der Waals surface area contributed by atoms with Crippen molar-refractivity contribution in [2.45, 2.75) is 32.1 Å². The molecule has 0 saturated carbocycles. The van der Waals surface area contributed by atoms with E-state index in [9.17, 15) is 19.7 Å². The summed E-state index contributed by atoms with van der Waals surface area (Å²) in [5, 5.41) is 13.8. The molecule has 194 valence electrons. The number of nitro benzene ring substituents is 1. The highest BCUT2D eigenvalue weighted by Gasteiger charge is 2.39. The molecule has 2 aliphatic rings. The SMILES string of the molecule is Cc1ccc(N=C2SC(CC(=O)Nc3ccc(C)cc3[N+](=O)[O-])C(=O)N2Cc2ccc3c(c2)OCO3)cc1. The van der Waals surface area contributed by atoms with Gasteiger partial charge in [0.25, 0.3) is 5.69 Å². The average molecular weight is 533 g/mol. The van der Waals surface area contributed by atoms with Crippen LogP contribution in [0.25, 0.3) is 0 Å². The molecule has 5 rings (SSSR count). The molecule has 3 aromatic carbocycles. The van der Waals surface area contributed by atoms with Gasteiger partial charge in [-0.3, -0.25) is 24.6 Å². The summed E-state index contributed by atoms with van der Waals surface area (Å²) < 4.78 is 10.8. The van der Waals surface area contributed by atoms with E-state index in [0.29, 0.717) is 27.9 Å². The summed E-state index contributed by atoms with van der Waals surface area (Å²) in [7, 11) is 0. The molecule has 11 heteroatoms. The maximum Gasteiger partial charge on any atom is 0.293 e. The molecule has 1 fully saturated rings.